The predicted octanol–water partition coefficient (Wildman–Crippen LogP) is 6.35. The smallest absolute Gasteiger partial charge is 0.389 e. The van der Waals surface area contributed by atoms with E-state index in [9.17, 15) is 22.8 Å². The van der Waals surface area contributed by atoms with Gasteiger partial charge in [-0.2, -0.15) is 13.2 Å². The van der Waals surface area contributed by atoms with Crippen molar-refractivity contribution < 1.29 is 51.9 Å². The van der Waals surface area contributed by atoms with Crippen LogP contribution in [0.3, 0.4) is 0 Å². The second-order valence-electron chi connectivity index (χ2n) is 11.0. The van der Waals surface area contributed by atoms with Crippen LogP contribution in [0.25, 0.3) is 11.1 Å². The lowest BCUT2D eigenvalue weighted by molar-refractivity contribution is -0.141. The van der Waals surface area contributed by atoms with Crippen molar-refractivity contribution in [2.45, 2.75) is 44.7 Å². The van der Waals surface area contributed by atoms with E-state index in [2.05, 4.69) is 13.2 Å². The van der Waals surface area contributed by atoms with E-state index in [0.717, 1.165) is 40.7 Å². The fraction of sp³-hybridized carbons (Fsp3) is 0.351. The Morgan fingerprint density at radius 1 is 0.604 bits per heavy atom. The molecule has 0 radical (unpaired) electrons. The van der Waals surface area contributed by atoms with Crippen molar-refractivity contribution in [3.8, 4) is 22.6 Å². The summed E-state index contributed by atoms with van der Waals surface area (Å²) in [6.45, 7) is 5.78. The zero-order valence-electron chi connectivity index (χ0n) is 26.7. The first kappa shape index (κ1) is 37.8. The normalized spacial score (nSPS) is 11.1. The minimum Gasteiger partial charge on any atom is -0.490 e. The molecule has 0 fully saturated rings. The van der Waals surface area contributed by atoms with Crippen molar-refractivity contribution in [1.82, 2.24) is 0 Å². The Hall–Kier alpha value is -4.61. The van der Waals surface area contributed by atoms with E-state index in [-0.39, 0.29) is 44.0 Å². The zero-order chi connectivity index (χ0) is 34.9. The summed E-state index contributed by atoms with van der Waals surface area (Å²) in [7, 11) is 0. The molecule has 3 aromatic rings. The summed E-state index contributed by atoms with van der Waals surface area (Å²) in [5.74, 6) is -0.545. The van der Waals surface area contributed by atoms with E-state index >= 15 is 0 Å². The molecule has 8 nitrogen and oxygen atoms in total. The third-order valence-electron chi connectivity index (χ3n) is 7.20. The Labute approximate surface area is 278 Å². The van der Waals surface area contributed by atoms with Crippen LogP contribution in [0, 0.1) is 0 Å². The molecule has 0 aliphatic rings. The standard InChI is InChI=1S/C37H41F3O8/c1-26(24-41)35(43)47-19-17-45-33-21-32(22-34(23-33)46-18-20-48-36(44)27(2)25-42)31-14-12-30(13-15-31)11-10-29-8-6-28(7-9-29)5-3-4-16-37(38,39)40/h6-9,12-15,21-23,41-42H,1-5,10-11,16-20,24-25H2. The summed E-state index contributed by atoms with van der Waals surface area (Å²) in [4.78, 5) is 23.5. The quantitative estimate of drug-likeness (QED) is 0.0813. The van der Waals surface area contributed by atoms with Crippen LogP contribution in [-0.4, -0.2) is 68.0 Å². The molecule has 0 unspecified atom stereocenters. The van der Waals surface area contributed by atoms with Gasteiger partial charge in [-0.1, -0.05) is 61.7 Å². The van der Waals surface area contributed by atoms with E-state index in [1.807, 2.05) is 60.7 Å². The van der Waals surface area contributed by atoms with Crippen LogP contribution in [0.15, 0.2) is 91.0 Å². The molecule has 2 N–H and O–H groups in total. The lowest BCUT2D eigenvalue weighted by atomic mass is 9.99. The van der Waals surface area contributed by atoms with Gasteiger partial charge >= 0.3 is 18.1 Å². The largest absolute Gasteiger partial charge is 0.490 e. The van der Waals surface area contributed by atoms with E-state index in [4.69, 9.17) is 29.2 Å². The second kappa shape index (κ2) is 19.3. The molecule has 258 valence electrons. The maximum absolute atomic E-state index is 12.4. The molecule has 48 heavy (non-hydrogen) atoms. The Morgan fingerprint density at radius 2 is 1.04 bits per heavy atom. The first-order valence-corrected chi connectivity index (χ1v) is 15.5. The van der Waals surface area contributed by atoms with Gasteiger partial charge in [-0.15, -0.1) is 0 Å². The first-order valence-electron chi connectivity index (χ1n) is 15.5. The number of aliphatic hydroxyl groups is 2. The topological polar surface area (TPSA) is 112 Å². The lowest BCUT2D eigenvalue weighted by Gasteiger charge is -2.14. The average molecular weight is 671 g/mol. The van der Waals surface area contributed by atoms with Crippen LogP contribution in [-0.2, 0) is 38.3 Å². The summed E-state index contributed by atoms with van der Waals surface area (Å²) >= 11 is 0. The highest BCUT2D eigenvalue weighted by Crippen LogP contribution is 2.31. The molecule has 11 heteroatoms. The highest BCUT2D eigenvalue weighted by atomic mass is 19.4. The van der Waals surface area contributed by atoms with Crippen LogP contribution in [0.5, 0.6) is 11.5 Å². The van der Waals surface area contributed by atoms with Gasteiger partial charge in [-0.25, -0.2) is 9.59 Å². The van der Waals surface area contributed by atoms with Gasteiger partial charge in [0.15, 0.2) is 0 Å². The van der Waals surface area contributed by atoms with Gasteiger partial charge in [0.1, 0.15) is 37.9 Å². The van der Waals surface area contributed by atoms with Gasteiger partial charge in [0.25, 0.3) is 0 Å². The highest BCUT2D eigenvalue weighted by molar-refractivity contribution is 5.88. The highest BCUT2D eigenvalue weighted by Gasteiger charge is 2.25. The third kappa shape index (κ3) is 13.6. The number of ether oxygens (including phenoxy) is 4. The number of aliphatic hydroxyl groups excluding tert-OH is 2. The zero-order valence-corrected chi connectivity index (χ0v) is 26.7. The molecule has 0 aromatic heterocycles. The van der Waals surface area contributed by atoms with E-state index < -0.39 is 37.7 Å². The molecule has 3 aromatic carbocycles. The first-order chi connectivity index (χ1) is 23.0. The molecule has 0 spiro atoms. The van der Waals surface area contributed by atoms with Crippen molar-refractivity contribution in [2.75, 3.05) is 39.6 Å². The lowest BCUT2D eigenvalue weighted by Crippen LogP contribution is -2.15. The molecular weight excluding hydrogens is 629 g/mol. The van der Waals surface area contributed by atoms with Crippen LogP contribution in [0.2, 0.25) is 0 Å². The molecule has 0 aliphatic carbocycles. The SMILES string of the molecule is C=C(CO)C(=O)OCCOc1cc(OCCOC(=O)C(=C)CO)cc(-c2ccc(CCc3ccc(CCCCC(F)(F)F)cc3)cc2)c1. The Morgan fingerprint density at radius 3 is 1.48 bits per heavy atom. The van der Waals surface area contributed by atoms with Crippen LogP contribution in [0.4, 0.5) is 13.2 Å². The number of benzene rings is 3. The average Bonchev–Trinajstić information content (AvgIpc) is 3.08. The second-order valence-corrected chi connectivity index (χ2v) is 11.0. The summed E-state index contributed by atoms with van der Waals surface area (Å²) in [5.41, 5.74) is 4.85. The van der Waals surface area contributed by atoms with Gasteiger partial charge in [0, 0.05) is 12.5 Å². The molecule has 0 saturated carbocycles. The number of carbonyl (C=O) groups is 2. The van der Waals surface area contributed by atoms with Gasteiger partial charge in [-0.05, 0) is 72.1 Å². The molecular formula is C37H41F3O8. The number of hydrogen-bond donors (Lipinski definition) is 2. The minimum atomic E-state index is -4.10. The number of hydrogen-bond acceptors (Lipinski definition) is 8. The number of aryl methyl sites for hydroxylation is 3. The van der Waals surface area contributed by atoms with Gasteiger partial charge in [0.05, 0.1) is 24.4 Å². The molecule has 0 saturated heterocycles. The molecule has 3 rings (SSSR count). The monoisotopic (exact) mass is 670 g/mol. The van der Waals surface area contributed by atoms with Crippen molar-refractivity contribution >= 4 is 11.9 Å². The maximum Gasteiger partial charge on any atom is 0.389 e. The number of rotatable bonds is 20. The number of unbranched alkanes of at least 4 members (excludes halogenated alkanes) is 1. The van der Waals surface area contributed by atoms with Crippen molar-refractivity contribution in [3.05, 3.63) is 108 Å². The number of halogens is 3. The van der Waals surface area contributed by atoms with Gasteiger partial charge in [0.2, 0.25) is 0 Å². The molecule has 0 bridgehead atoms. The summed E-state index contributed by atoms with van der Waals surface area (Å²) in [5, 5.41) is 18.0. The van der Waals surface area contributed by atoms with Gasteiger partial charge in [-0.3, -0.25) is 0 Å². The molecule has 0 heterocycles. The molecule has 0 aliphatic heterocycles. The Kier molecular flexibility index (Phi) is 15.2. The summed E-state index contributed by atoms with van der Waals surface area (Å²) in [6.07, 6.45) is -1.99. The summed E-state index contributed by atoms with van der Waals surface area (Å²) < 4.78 is 58.7. The van der Waals surface area contributed by atoms with Gasteiger partial charge < -0.3 is 29.2 Å². The van der Waals surface area contributed by atoms with E-state index in [1.54, 1.807) is 6.07 Å². The predicted molar refractivity (Wildman–Crippen MR) is 175 cm³/mol. The maximum atomic E-state index is 12.4. The number of carbonyl (C=O) groups excluding carboxylic acids is 2. The van der Waals surface area contributed by atoms with E-state index in [1.165, 1.54) is 0 Å². The fourth-order valence-electron chi connectivity index (χ4n) is 4.51. The summed E-state index contributed by atoms with van der Waals surface area (Å²) in [6, 6.07) is 21.3. The van der Waals surface area contributed by atoms with Crippen molar-refractivity contribution in [2.24, 2.45) is 0 Å². The van der Waals surface area contributed by atoms with E-state index in [0.29, 0.717) is 24.3 Å². The van der Waals surface area contributed by atoms with Crippen molar-refractivity contribution in [1.29, 1.82) is 0 Å². The molecule has 0 atom stereocenters. The van der Waals surface area contributed by atoms with Crippen LogP contribution < -0.4 is 9.47 Å². The number of esters is 2. The number of alkyl halides is 3. The third-order valence-corrected chi connectivity index (χ3v) is 7.20. The molecule has 0 amide bonds. The fourth-order valence-corrected chi connectivity index (χ4v) is 4.51. The Balaban J connectivity index is 1.60. The van der Waals surface area contributed by atoms with Crippen LogP contribution in [0.1, 0.15) is 36.0 Å². The Bertz CT molecular complexity index is 1440. The minimum absolute atomic E-state index is 0.0339. The van der Waals surface area contributed by atoms with Crippen molar-refractivity contribution in [3.63, 3.8) is 0 Å². The van der Waals surface area contributed by atoms with Crippen LogP contribution >= 0.6 is 0 Å².